The van der Waals surface area contributed by atoms with Crippen molar-refractivity contribution in [1.82, 2.24) is 5.43 Å². The van der Waals surface area contributed by atoms with E-state index in [2.05, 4.69) is 32.5 Å². The van der Waals surface area contributed by atoms with Crippen molar-refractivity contribution in [1.29, 1.82) is 5.26 Å². The Morgan fingerprint density at radius 1 is 1.00 bits per heavy atom. The van der Waals surface area contributed by atoms with Crippen molar-refractivity contribution in [2.45, 2.75) is 20.1 Å². The Morgan fingerprint density at radius 3 is 2.53 bits per heavy atom. The van der Waals surface area contributed by atoms with E-state index in [4.69, 9.17) is 18.9 Å². The van der Waals surface area contributed by atoms with E-state index in [0.29, 0.717) is 41.7 Å². The molecule has 176 valence electrons. The van der Waals surface area contributed by atoms with Gasteiger partial charge in [0.15, 0.2) is 23.0 Å². The fraction of sp³-hybridized carbons (Fsp3) is 0.231. The number of halogens is 1. The van der Waals surface area contributed by atoms with Crippen LogP contribution in [0.5, 0.6) is 23.0 Å². The minimum Gasteiger partial charge on any atom is -0.493 e. The number of hydrogen-bond acceptors (Lipinski definition) is 7. The van der Waals surface area contributed by atoms with Gasteiger partial charge in [-0.25, -0.2) is 0 Å². The van der Waals surface area contributed by atoms with Gasteiger partial charge >= 0.3 is 0 Å². The molecule has 0 heterocycles. The van der Waals surface area contributed by atoms with Gasteiger partial charge in [0.25, 0.3) is 0 Å². The normalized spacial score (nSPS) is 10.6. The summed E-state index contributed by atoms with van der Waals surface area (Å²) in [6.07, 6.45) is 1.71. The maximum atomic E-state index is 9.30. The maximum absolute atomic E-state index is 9.30. The van der Waals surface area contributed by atoms with Crippen molar-refractivity contribution in [3.05, 3.63) is 81.3 Å². The molecule has 1 N–H and O–H groups in total. The number of rotatable bonds is 11. The van der Waals surface area contributed by atoms with Crippen molar-refractivity contribution in [2.24, 2.45) is 5.10 Å². The monoisotopic (exact) mass is 523 g/mol. The van der Waals surface area contributed by atoms with Crippen LogP contribution >= 0.6 is 15.9 Å². The summed E-state index contributed by atoms with van der Waals surface area (Å²) < 4.78 is 23.2. The first-order valence-corrected chi connectivity index (χ1v) is 11.4. The van der Waals surface area contributed by atoms with Gasteiger partial charge in [0, 0.05) is 5.56 Å². The molecule has 8 heteroatoms. The van der Waals surface area contributed by atoms with Crippen LogP contribution in [0.1, 0.15) is 29.2 Å². The largest absolute Gasteiger partial charge is 0.493 e. The summed E-state index contributed by atoms with van der Waals surface area (Å²) in [5, 5.41) is 13.6. The van der Waals surface area contributed by atoms with Gasteiger partial charge < -0.3 is 24.4 Å². The van der Waals surface area contributed by atoms with Crippen LogP contribution in [0, 0.1) is 11.3 Å². The van der Waals surface area contributed by atoms with Gasteiger partial charge in [-0.1, -0.05) is 24.3 Å². The average Bonchev–Trinajstić information content (AvgIpc) is 2.86. The summed E-state index contributed by atoms with van der Waals surface area (Å²) in [6.45, 7) is 3.17. The van der Waals surface area contributed by atoms with Gasteiger partial charge in [-0.15, -0.1) is 0 Å². The topological polar surface area (TPSA) is 85.1 Å². The second kappa shape index (κ2) is 12.5. The maximum Gasteiger partial charge on any atom is 0.175 e. The highest BCUT2D eigenvalue weighted by molar-refractivity contribution is 9.10. The van der Waals surface area contributed by atoms with Gasteiger partial charge in [-0.05, 0) is 64.3 Å². The second-order valence-electron chi connectivity index (χ2n) is 7.10. The molecule has 0 saturated heterocycles. The third-order valence-corrected chi connectivity index (χ3v) is 5.47. The van der Waals surface area contributed by atoms with E-state index in [0.717, 1.165) is 21.2 Å². The smallest absolute Gasteiger partial charge is 0.175 e. The number of hydrazone groups is 1. The van der Waals surface area contributed by atoms with Gasteiger partial charge in [-0.2, -0.15) is 10.4 Å². The van der Waals surface area contributed by atoms with Gasteiger partial charge in [-0.3, -0.25) is 0 Å². The van der Waals surface area contributed by atoms with E-state index >= 15 is 0 Å². The number of nitrogens with one attached hydrogen (secondary N) is 1. The zero-order valence-corrected chi connectivity index (χ0v) is 20.9. The van der Waals surface area contributed by atoms with E-state index in [9.17, 15) is 5.26 Å². The first-order chi connectivity index (χ1) is 16.6. The molecule has 0 aliphatic rings. The highest BCUT2D eigenvalue weighted by atomic mass is 79.9. The van der Waals surface area contributed by atoms with Crippen LogP contribution in [0.4, 0.5) is 0 Å². The average molecular weight is 524 g/mol. The fourth-order valence-electron chi connectivity index (χ4n) is 3.22. The number of ether oxygens (including phenoxy) is 4. The van der Waals surface area contributed by atoms with Gasteiger partial charge in [0.05, 0.1) is 49.7 Å². The first kappa shape index (κ1) is 24.9. The summed E-state index contributed by atoms with van der Waals surface area (Å²) in [5.41, 5.74) is 6.27. The Balaban J connectivity index is 1.69. The standard InChI is InChI=1S/C26H26BrN3O4/c1-4-33-25-13-19(16-30-29-15-18-9-10-23(31-2)24(12-18)32-3)11-22(27)26(25)34-17-21-8-6-5-7-20(21)14-28/h5-13,16,29H,4,15,17H2,1-3H3/b30-16+. The molecular formula is C26H26BrN3O4. The number of nitrogens with zero attached hydrogens (tertiary/aromatic N) is 2. The molecule has 0 bridgehead atoms. The molecule has 0 spiro atoms. The van der Waals surface area contributed by atoms with Gasteiger partial charge in [0.1, 0.15) is 6.61 Å². The third kappa shape index (κ3) is 6.42. The van der Waals surface area contributed by atoms with Crippen LogP contribution < -0.4 is 24.4 Å². The SMILES string of the molecule is CCOc1cc(/C=N/NCc2ccc(OC)c(OC)c2)cc(Br)c1OCc1ccccc1C#N. The van der Waals surface area contributed by atoms with Crippen LogP contribution in [-0.2, 0) is 13.2 Å². The molecule has 0 saturated carbocycles. The van der Waals surface area contributed by atoms with E-state index in [1.165, 1.54) is 0 Å². The molecule has 3 rings (SSSR count). The lowest BCUT2D eigenvalue weighted by atomic mass is 10.1. The Bertz CT molecular complexity index is 1190. The van der Waals surface area contributed by atoms with Crippen LogP contribution in [0.15, 0.2) is 64.2 Å². The molecule has 34 heavy (non-hydrogen) atoms. The summed E-state index contributed by atoms with van der Waals surface area (Å²) in [7, 11) is 3.22. The lowest BCUT2D eigenvalue weighted by Crippen LogP contribution is -2.06. The number of nitriles is 1. The molecule has 0 unspecified atom stereocenters. The predicted molar refractivity (Wildman–Crippen MR) is 135 cm³/mol. The van der Waals surface area contributed by atoms with Crippen LogP contribution in [0.2, 0.25) is 0 Å². The second-order valence-corrected chi connectivity index (χ2v) is 7.96. The molecule has 0 aromatic heterocycles. The third-order valence-electron chi connectivity index (χ3n) is 4.88. The Hall–Kier alpha value is -3.70. The molecule has 0 atom stereocenters. The molecule has 0 aliphatic carbocycles. The van der Waals surface area contributed by atoms with Crippen molar-refractivity contribution >= 4 is 22.1 Å². The zero-order valence-electron chi connectivity index (χ0n) is 19.3. The fourth-order valence-corrected chi connectivity index (χ4v) is 3.79. The Kier molecular flexibility index (Phi) is 9.18. The van der Waals surface area contributed by atoms with Gasteiger partial charge in [0.2, 0.25) is 0 Å². The summed E-state index contributed by atoms with van der Waals surface area (Å²) >= 11 is 3.57. The van der Waals surface area contributed by atoms with E-state index in [-0.39, 0.29) is 6.61 Å². The van der Waals surface area contributed by atoms with Crippen LogP contribution in [0.25, 0.3) is 0 Å². The van der Waals surface area contributed by atoms with Crippen molar-refractivity contribution < 1.29 is 18.9 Å². The lowest BCUT2D eigenvalue weighted by molar-refractivity contribution is 0.267. The summed E-state index contributed by atoms with van der Waals surface area (Å²) in [6, 6.07) is 19.0. The molecule has 7 nitrogen and oxygen atoms in total. The summed E-state index contributed by atoms with van der Waals surface area (Å²) in [4.78, 5) is 0. The zero-order chi connectivity index (χ0) is 24.3. The van der Waals surface area contributed by atoms with E-state index in [1.807, 2.05) is 55.5 Å². The molecule has 0 amide bonds. The summed E-state index contributed by atoms with van der Waals surface area (Å²) in [5.74, 6) is 2.52. The van der Waals surface area contributed by atoms with Crippen molar-refractivity contribution in [3.8, 4) is 29.1 Å². The molecule has 3 aromatic rings. The lowest BCUT2D eigenvalue weighted by Gasteiger charge is -2.15. The number of benzene rings is 3. The highest BCUT2D eigenvalue weighted by Gasteiger charge is 2.13. The number of methoxy groups -OCH3 is 2. The minimum atomic E-state index is 0.253. The minimum absolute atomic E-state index is 0.253. The Morgan fingerprint density at radius 2 is 1.79 bits per heavy atom. The molecule has 0 aliphatic heterocycles. The molecule has 3 aromatic carbocycles. The quantitative estimate of drug-likeness (QED) is 0.266. The number of hydrogen-bond donors (Lipinski definition) is 1. The molecule has 0 radical (unpaired) electrons. The van der Waals surface area contributed by atoms with Crippen molar-refractivity contribution in [3.63, 3.8) is 0 Å². The first-order valence-electron chi connectivity index (χ1n) is 10.6. The molecular weight excluding hydrogens is 498 g/mol. The predicted octanol–water partition coefficient (Wildman–Crippen LogP) is 5.44. The van der Waals surface area contributed by atoms with E-state index in [1.54, 1.807) is 26.5 Å². The molecule has 0 fully saturated rings. The van der Waals surface area contributed by atoms with Crippen molar-refractivity contribution in [2.75, 3.05) is 20.8 Å². The van der Waals surface area contributed by atoms with Crippen LogP contribution in [-0.4, -0.2) is 27.0 Å². The Labute approximate surface area is 208 Å². The van der Waals surface area contributed by atoms with Crippen LogP contribution in [0.3, 0.4) is 0 Å². The van der Waals surface area contributed by atoms with E-state index < -0.39 is 0 Å². The highest BCUT2D eigenvalue weighted by Crippen LogP contribution is 2.37.